The number of ketones is 2. The van der Waals surface area contributed by atoms with Crippen LogP contribution in [-0.2, 0) is 4.79 Å². The Labute approximate surface area is 106 Å². The van der Waals surface area contributed by atoms with Gasteiger partial charge < -0.3 is 0 Å². The van der Waals surface area contributed by atoms with Crippen molar-refractivity contribution in [3.05, 3.63) is 35.4 Å². The van der Waals surface area contributed by atoms with Crippen molar-refractivity contribution in [1.82, 2.24) is 0 Å². The molecule has 18 heavy (non-hydrogen) atoms. The minimum absolute atomic E-state index is 0.000241. The summed E-state index contributed by atoms with van der Waals surface area (Å²) in [5.74, 6) is 0.130. The van der Waals surface area contributed by atoms with Crippen LogP contribution in [0.2, 0.25) is 0 Å². The smallest absolute Gasteiger partial charge is 0.163 e. The second-order valence-electron chi connectivity index (χ2n) is 4.73. The number of carbonyl (C=O) groups excluding carboxylic acids is 2. The highest BCUT2D eigenvalue weighted by atomic mass is 16.1. The number of rotatable bonds is 3. The van der Waals surface area contributed by atoms with Gasteiger partial charge in [0.2, 0.25) is 0 Å². The summed E-state index contributed by atoms with van der Waals surface area (Å²) in [7, 11) is 0. The van der Waals surface area contributed by atoms with Gasteiger partial charge in [-0.05, 0) is 25.0 Å². The van der Waals surface area contributed by atoms with E-state index in [0.29, 0.717) is 24.0 Å². The van der Waals surface area contributed by atoms with E-state index in [1.807, 2.05) is 6.07 Å². The topological polar surface area (TPSA) is 57.9 Å². The number of benzene rings is 1. The molecule has 0 aliphatic heterocycles. The summed E-state index contributed by atoms with van der Waals surface area (Å²) in [6, 6.07) is 8.61. The van der Waals surface area contributed by atoms with Crippen LogP contribution in [0, 0.1) is 17.2 Å². The van der Waals surface area contributed by atoms with Crippen LogP contribution >= 0.6 is 0 Å². The first-order chi connectivity index (χ1) is 8.70. The lowest BCUT2D eigenvalue weighted by molar-refractivity contribution is -0.124. The van der Waals surface area contributed by atoms with Crippen LogP contribution in [0.25, 0.3) is 0 Å². The summed E-state index contributed by atoms with van der Waals surface area (Å²) >= 11 is 0. The van der Waals surface area contributed by atoms with E-state index in [2.05, 4.69) is 0 Å². The third kappa shape index (κ3) is 2.84. The molecule has 1 atom stereocenters. The molecule has 92 valence electrons. The molecule has 0 amide bonds. The van der Waals surface area contributed by atoms with Crippen LogP contribution in [0.1, 0.15) is 48.0 Å². The molecule has 1 fully saturated rings. The van der Waals surface area contributed by atoms with Gasteiger partial charge in [-0.25, -0.2) is 0 Å². The van der Waals surface area contributed by atoms with E-state index in [-0.39, 0.29) is 17.5 Å². The molecule has 3 nitrogen and oxygen atoms in total. The van der Waals surface area contributed by atoms with Crippen molar-refractivity contribution < 1.29 is 9.59 Å². The van der Waals surface area contributed by atoms with Crippen LogP contribution < -0.4 is 0 Å². The van der Waals surface area contributed by atoms with E-state index in [0.717, 1.165) is 19.3 Å². The van der Waals surface area contributed by atoms with Gasteiger partial charge in [0, 0.05) is 24.3 Å². The Morgan fingerprint density at radius 3 is 2.61 bits per heavy atom. The van der Waals surface area contributed by atoms with Crippen molar-refractivity contribution >= 4 is 11.6 Å². The first-order valence-electron chi connectivity index (χ1n) is 6.27. The Morgan fingerprint density at radius 1 is 1.28 bits per heavy atom. The lowest BCUT2D eigenvalue weighted by Gasteiger charge is -2.19. The number of carbonyl (C=O) groups is 2. The van der Waals surface area contributed by atoms with E-state index in [1.165, 1.54) is 0 Å². The highest BCUT2D eigenvalue weighted by molar-refractivity contribution is 5.99. The largest absolute Gasteiger partial charge is 0.299 e. The maximum absolute atomic E-state index is 12.0. The molecule has 0 spiro atoms. The molecule has 3 heteroatoms. The quantitative estimate of drug-likeness (QED) is 0.764. The monoisotopic (exact) mass is 241 g/mol. The summed E-state index contributed by atoms with van der Waals surface area (Å²) < 4.78 is 0. The average Bonchev–Trinajstić information content (AvgIpc) is 2.41. The van der Waals surface area contributed by atoms with Crippen molar-refractivity contribution in [2.24, 2.45) is 5.92 Å². The van der Waals surface area contributed by atoms with Crippen LogP contribution in [0.15, 0.2) is 24.3 Å². The van der Waals surface area contributed by atoms with Crippen molar-refractivity contribution in [2.75, 3.05) is 0 Å². The normalized spacial score (nSPS) is 19.3. The molecule has 0 heterocycles. The molecule has 1 aliphatic carbocycles. The van der Waals surface area contributed by atoms with Crippen LogP contribution in [0.3, 0.4) is 0 Å². The third-order valence-corrected chi connectivity index (χ3v) is 3.45. The van der Waals surface area contributed by atoms with E-state index in [1.54, 1.807) is 24.3 Å². The summed E-state index contributed by atoms with van der Waals surface area (Å²) in [6.07, 6.45) is 3.76. The van der Waals surface area contributed by atoms with Gasteiger partial charge >= 0.3 is 0 Å². The number of hydrogen-bond donors (Lipinski definition) is 0. The summed E-state index contributed by atoms with van der Waals surface area (Å²) in [5.41, 5.74) is 1.13. The van der Waals surface area contributed by atoms with Crippen molar-refractivity contribution in [3.8, 4) is 6.07 Å². The van der Waals surface area contributed by atoms with Crippen LogP contribution in [0.5, 0.6) is 0 Å². The molecule has 0 radical (unpaired) electrons. The highest BCUT2D eigenvalue weighted by Gasteiger charge is 2.24. The third-order valence-electron chi connectivity index (χ3n) is 3.45. The Hall–Kier alpha value is -1.95. The fourth-order valence-corrected chi connectivity index (χ4v) is 2.34. The van der Waals surface area contributed by atoms with Gasteiger partial charge in [-0.2, -0.15) is 5.26 Å². The van der Waals surface area contributed by atoms with Crippen molar-refractivity contribution in [3.63, 3.8) is 0 Å². The zero-order valence-electron chi connectivity index (χ0n) is 10.2. The zero-order chi connectivity index (χ0) is 13.0. The highest BCUT2D eigenvalue weighted by Crippen LogP contribution is 2.24. The lowest BCUT2D eigenvalue weighted by atomic mass is 9.83. The van der Waals surface area contributed by atoms with Gasteiger partial charge in [-0.15, -0.1) is 0 Å². The summed E-state index contributed by atoms with van der Waals surface area (Å²) in [6.45, 7) is 0. The maximum Gasteiger partial charge on any atom is 0.163 e. The Morgan fingerprint density at radius 2 is 2.00 bits per heavy atom. The molecule has 0 aromatic heterocycles. The molecule has 0 saturated heterocycles. The predicted molar refractivity (Wildman–Crippen MR) is 67.1 cm³/mol. The molecule has 0 N–H and O–H groups in total. The van der Waals surface area contributed by atoms with Gasteiger partial charge in [0.1, 0.15) is 5.78 Å². The number of Topliss-reactive ketones (excluding diaryl/α,β-unsaturated/α-hetero) is 2. The average molecular weight is 241 g/mol. The predicted octanol–water partition coefficient (Wildman–Crippen LogP) is 2.89. The fourth-order valence-electron chi connectivity index (χ4n) is 2.34. The van der Waals surface area contributed by atoms with E-state index in [4.69, 9.17) is 5.26 Å². The molecule has 1 aliphatic rings. The van der Waals surface area contributed by atoms with E-state index in [9.17, 15) is 9.59 Å². The summed E-state index contributed by atoms with van der Waals surface area (Å²) in [4.78, 5) is 23.7. The molecular formula is C15H15NO2. The fraction of sp³-hybridized carbons (Fsp3) is 0.400. The zero-order valence-corrected chi connectivity index (χ0v) is 10.2. The van der Waals surface area contributed by atoms with Crippen LogP contribution in [0.4, 0.5) is 0 Å². The molecule has 2 rings (SSSR count). The minimum atomic E-state index is -0.0955. The number of nitriles is 1. The SMILES string of the molecule is N#Cc1ccc(C(=O)C[C@@H]2CCCCC2=O)cc1. The van der Waals surface area contributed by atoms with Gasteiger partial charge in [0.05, 0.1) is 11.6 Å². The van der Waals surface area contributed by atoms with Crippen molar-refractivity contribution in [2.45, 2.75) is 32.1 Å². The van der Waals surface area contributed by atoms with Crippen LogP contribution in [-0.4, -0.2) is 11.6 Å². The first kappa shape index (κ1) is 12.5. The second kappa shape index (κ2) is 5.59. The molecule has 0 bridgehead atoms. The van der Waals surface area contributed by atoms with Gasteiger partial charge in [-0.1, -0.05) is 18.6 Å². The van der Waals surface area contributed by atoms with Gasteiger partial charge in [-0.3, -0.25) is 9.59 Å². The molecular weight excluding hydrogens is 226 g/mol. The molecule has 1 aromatic rings. The maximum atomic E-state index is 12.0. The second-order valence-corrected chi connectivity index (χ2v) is 4.73. The Kier molecular flexibility index (Phi) is 3.88. The molecule has 1 saturated carbocycles. The number of nitrogens with zero attached hydrogens (tertiary/aromatic N) is 1. The Bertz CT molecular complexity index is 496. The molecule has 1 aromatic carbocycles. The minimum Gasteiger partial charge on any atom is -0.299 e. The number of hydrogen-bond acceptors (Lipinski definition) is 3. The van der Waals surface area contributed by atoms with E-state index < -0.39 is 0 Å². The van der Waals surface area contributed by atoms with Gasteiger partial charge in [0.25, 0.3) is 0 Å². The standard InChI is InChI=1S/C15H15NO2/c16-10-11-5-7-12(8-6-11)15(18)9-13-3-1-2-4-14(13)17/h5-8,13H,1-4,9H2/t13-/m0/s1. The summed E-state index contributed by atoms with van der Waals surface area (Å²) in [5, 5.41) is 8.68. The first-order valence-corrected chi connectivity index (χ1v) is 6.27. The lowest BCUT2D eigenvalue weighted by Crippen LogP contribution is -2.22. The van der Waals surface area contributed by atoms with Gasteiger partial charge in [0.15, 0.2) is 5.78 Å². The van der Waals surface area contributed by atoms with Crippen molar-refractivity contribution in [1.29, 1.82) is 5.26 Å². The van der Waals surface area contributed by atoms with E-state index >= 15 is 0 Å². The Balaban J connectivity index is 2.02. The molecule has 0 unspecified atom stereocenters.